The lowest BCUT2D eigenvalue weighted by Gasteiger charge is -2.10. The van der Waals surface area contributed by atoms with Crippen LogP contribution in [-0.2, 0) is 16.4 Å². The van der Waals surface area contributed by atoms with Gasteiger partial charge in [-0.25, -0.2) is 8.42 Å². The molecule has 0 spiro atoms. The van der Waals surface area contributed by atoms with E-state index in [0.717, 1.165) is 11.6 Å². The number of anilines is 1. The zero-order valence-corrected chi connectivity index (χ0v) is 18.0. The Balaban J connectivity index is 1.68. The molecule has 0 saturated heterocycles. The van der Waals surface area contributed by atoms with Crippen LogP contribution in [0.5, 0.6) is 5.75 Å². The Hall–Kier alpha value is -3.29. The van der Waals surface area contributed by atoms with E-state index < -0.39 is 15.7 Å². The second-order valence-electron chi connectivity index (χ2n) is 6.88. The molecule has 0 aliphatic carbocycles. The van der Waals surface area contributed by atoms with Gasteiger partial charge in [-0.3, -0.25) is 4.79 Å². The van der Waals surface area contributed by atoms with Crippen LogP contribution in [0.2, 0.25) is 5.02 Å². The molecule has 4 rings (SSSR count). The van der Waals surface area contributed by atoms with Gasteiger partial charge >= 0.3 is 0 Å². The third-order valence-corrected chi connectivity index (χ3v) is 6.08. The van der Waals surface area contributed by atoms with Gasteiger partial charge in [-0.15, -0.1) is 0 Å². The third kappa shape index (κ3) is 4.57. The van der Waals surface area contributed by atoms with Crippen molar-refractivity contribution in [3.63, 3.8) is 0 Å². The minimum Gasteiger partial charge on any atom is -0.489 e. The molecule has 8 heteroatoms. The van der Waals surface area contributed by atoms with E-state index in [2.05, 4.69) is 5.32 Å². The first-order valence-electron chi connectivity index (χ1n) is 9.32. The lowest BCUT2D eigenvalue weighted by atomic mass is 10.1. The van der Waals surface area contributed by atoms with Crippen molar-refractivity contribution in [2.24, 2.45) is 0 Å². The van der Waals surface area contributed by atoms with E-state index in [9.17, 15) is 13.2 Å². The maximum atomic E-state index is 13.1. The standard InChI is InChI=1S/C23H18ClNO5S/c1-31(27,28)16-11-12-19(24)20(13-16)25-23(26)22-18(14-29-15-7-3-2-4-8-15)17-9-5-6-10-21(17)30-22/h2-13H,14H2,1H3,(H,25,26). The molecule has 3 aromatic carbocycles. The summed E-state index contributed by atoms with van der Waals surface area (Å²) in [4.78, 5) is 13.1. The maximum Gasteiger partial charge on any atom is 0.291 e. The summed E-state index contributed by atoms with van der Waals surface area (Å²) in [6, 6.07) is 20.6. The highest BCUT2D eigenvalue weighted by atomic mass is 35.5. The number of nitrogens with one attached hydrogen (secondary N) is 1. The van der Waals surface area contributed by atoms with E-state index in [4.69, 9.17) is 20.8 Å². The lowest BCUT2D eigenvalue weighted by molar-refractivity contribution is 0.0995. The fourth-order valence-electron chi connectivity index (χ4n) is 3.11. The fraction of sp³-hybridized carbons (Fsp3) is 0.0870. The summed E-state index contributed by atoms with van der Waals surface area (Å²) in [5, 5.41) is 3.61. The van der Waals surface area contributed by atoms with Crippen LogP contribution >= 0.6 is 11.6 Å². The summed E-state index contributed by atoms with van der Waals surface area (Å²) in [6.45, 7) is 0.112. The van der Waals surface area contributed by atoms with Crippen LogP contribution in [0.15, 0.2) is 82.1 Å². The third-order valence-electron chi connectivity index (χ3n) is 4.65. The topological polar surface area (TPSA) is 85.6 Å². The number of carbonyl (C=O) groups is 1. The number of furan rings is 1. The van der Waals surface area contributed by atoms with Gasteiger partial charge in [0.1, 0.15) is 17.9 Å². The van der Waals surface area contributed by atoms with E-state index in [1.165, 1.54) is 18.2 Å². The highest BCUT2D eigenvalue weighted by molar-refractivity contribution is 7.90. The van der Waals surface area contributed by atoms with Gasteiger partial charge < -0.3 is 14.5 Å². The highest BCUT2D eigenvalue weighted by Gasteiger charge is 2.22. The number of rotatable bonds is 6. The Morgan fingerprint density at radius 3 is 2.48 bits per heavy atom. The summed E-state index contributed by atoms with van der Waals surface area (Å²) in [5.74, 6) is 0.163. The predicted molar refractivity (Wildman–Crippen MR) is 120 cm³/mol. The van der Waals surface area contributed by atoms with E-state index in [-0.39, 0.29) is 28.0 Å². The summed E-state index contributed by atoms with van der Waals surface area (Å²) < 4.78 is 35.4. The Morgan fingerprint density at radius 1 is 1.03 bits per heavy atom. The Kier molecular flexibility index (Phi) is 5.71. The predicted octanol–water partition coefficient (Wildman–Crippen LogP) is 5.32. The summed E-state index contributed by atoms with van der Waals surface area (Å²) in [6.07, 6.45) is 1.08. The van der Waals surface area contributed by atoms with Crippen molar-refractivity contribution in [3.05, 3.63) is 89.1 Å². The minimum atomic E-state index is -3.46. The number of fused-ring (bicyclic) bond motifs is 1. The van der Waals surface area contributed by atoms with E-state index in [0.29, 0.717) is 16.9 Å². The number of ether oxygens (including phenoxy) is 1. The van der Waals surface area contributed by atoms with Crippen LogP contribution in [0.25, 0.3) is 11.0 Å². The minimum absolute atomic E-state index is 0.0458. The average molecular weight is 456 g/mol. The highest BCUT2D eigenvalue weighted by Crippen LogP contribution is 2.30. The molecule has 1 N–H and O–H groups in total. The molecule has 0 fully saturated rings. The van der Waals surface area contributed by atoms with Gasteiger partial charge in [-0.1, -0.05) is 48.0 Å². The number of halogens is 1. The molecule has 0 bridgehead atoms. The molecular weight excluding hydrogens is 438 g/mol. The first-order chi connectivity index (χ1) is 14.8. The SMILES string of the molecule is CS(=O)(=O)c1ccc(Cl)c(NC(=O)c2oc3ccccc3c2COc2ccccc2)c1. The van der Waals surface area contributed by atoms with Gasteiger partial charge in [0.2, 0.25) is 0 Å². The van der Waals surface area contributed by atoms with Crippen molar-refractivity contribution in [3.8, 4) is 5.75 Å². The summed E-state index contributed by atoms with van der Waals surface area (Å²) in [5.41, 5.74) is 1.28. The van der Waals surface area contributed by atoms with Crippen LogP contribution in [-0.4, -0.2) is 20.6 Å². The molecule has 6 nitrogen and oxygen atoms in total. The van der Waals surface area contributed by atoms with Crippen molar-refractivity contribution >= 4 is 44.0 Å². The Morgan fingerprint density at radius 2 is 1.74 bits per heavy atom. The van der Waals surface area contributed by atoms with Crippen LogP contribution in [0.4, 0.5) is 5.69 Å². The van der Waals surface area contributed by atoms with Gasteiger partial charge in [0.05, 0.1) is 15.6 Å². The number of amides is 1. The molecule has 1 amide bonds. The van der Waals surface area contributed by atoms with Crippen LogP contribution in [0.1, 0.15) is 16.1 Å². The van der Waals surface area contributed by atoms with Gasteiger partial charge in [0.25, 0.3) is 5.91 Å². The number of hydrogen-bond donors (Lipinski definition) is 1. The second-order valence-corrected chi connectivity index (χ2v) is 9.30. The fourth-order valence-corrected chi connectivity index (χ4v) is 3.92. The molecule has 0 aliphatic rings. The average Bonchev–Trinajstić information content (AvgIpc) is 3.12. The molecule has 0 unspecified atom stereocenters. The summed E-state index contributed by atoms with van der Waals surface area (Å²) in [7, 11) is -3.46. The van der Waals surface area contributed by atoms with E-state index in [1.807, 2.05) is 48.5 Å². The van der Waals surface area contributed by atoms with Crippen molar-refractivity contribution < 1.29 is 22.4 Å². The molecular formula is C23H18ClNO5S. The molecule has 0 saturated carbocycles. The Bertz CT molecular complexity index is 1360. The van der Waals surface area contributed by atoms with E-state index in [1.54, 1.807) is 6.07 Å². The molecule has 0 radical (unpaired) electrons. The number of para-hydroxylation sites is 2. The zero-order chi connectivity index (χ0) is 22.0. The van der Waals surface area contributed by atoms with Crippen molar-refractivity contribution in [1.82, 2.24) is 0 Å². The Labute approximate surface area is 184 Å². The van der Waals surface area contributed by atoms with E-state index >= 15 is 0 Å². The number of carbonyl (C=O) groups excluding carboxylic acids is 1. The molecule has 1 aromatic heterocycles. The van der Waals surface area contributed by atoms with Crippen LogP contribution in [0.3, 0.4) is 0 Å². The monoisotopic (exact) mass is 455 g/mol. The zero-order valence-electron chi connectivity index (χ0n) is 16.5. The molecule has 0 aliphatic heterocycles. The first-order valence-corrected chi connectivity index (χ1v) is 11.6. The number of benzene rings is 3. The number of hydrogen-bond acceptors (Lipinski definition) is 5. The second kappa shape index (κ2) is 8.45. The van der Waals surface area contributed by atoms with Gasteiger partial charge in [0, 0.05) is 17.2 Å². The largest absolute Gasteiger partial charge is 0.489 e. The van der Waals surface area contributed by atoms with Crippen molar-refractivity contribution in [2.45, 2.75) is 11.5 Å². The first kappa shape index (κ1) is 21.0. The quantitative estimate of drug-likeness (QED) is 0.425. The van der Waals surface area contributed by atoms with Gasteiger partial charge in [0.15, 0.2) is 15.6 Å². The van der Waals surface area contributed by atoms with Gasteiger partial charge in [-0.2, -0.15) is 0 Å². The summed E-state index contributed by atoms with van der Waals surface area (Å²) >= 11 is 6.17. The molecule has 4 aromatic rings. The normalized spacial score (nSPS) is 11.4. The molecule has 1 heterocycles. The van der Waals surface area contributed by atoms with Gasteiger partial charge in [-0.05, 0) is 36.4 Å². The molecule has 0 atom stereocenters. The van der Waals surface area contributed by atoms with Crippen LogP contribution < -0.4 is 10.1 Å². The molecule has 158 valence electrons. The lowest BCUT2D eigenvalue weighted by Crippen LogP contribution is -2.14. The van der Waals surface area contributed by atoms with Crippen molar-refractivity contribution in [1.29, 1.82) is 0 Å². The maximum absolute atomic E-state index is 13.1. The smallest absolute Gasteiger partial charge is 0.291 e. The van der Waals surface area contributed by atoms with Crippen molar-refractivity contribution in [2.75, 3.05) is 11.6 Å². The van der Waals surface area contributed by atoms with Crippen LogP contribution in [0, 0.1) is 0 Å². The molecule has 31 heavy (non-hydrogen) atoms. The number of sulfone groups is 1.